The van der Waals surface area contributed by atoms with E-state index >= 15 is 0 Å². The molecule has 11 heteroatoms. The van der Waals surface area contributed by atoms with Gasteiger partial charge in [-0.15, -0.1) is 0 Å². The summed E-state index contributed by atoms with van der Waals surface area (Å²) >= 11 is 12.6. The van der Waals surface area contributed by atoms with Gasteiger partial charge in [0.25, 0.3) is 10.0 Å². The summed E-state index contributed by atoms with van der Waals surface area (Å²) in [6.07, 6.45) is 5.22. The van der Waals surface area contributed by atoms with E-state index in [-0.39, 0.29) is 29.1 Å². The van der Waals surface area contributed by atoms with Gasteiger partial charge >= 0.3 is 0 Å². The summed E-state index contributed by atoms with van der Waals surface area (Å²) in [5.74, 6) is -1.48. The predicted octanol–water partition coefficient (Wildman–Crippen LogP) is 6.58. The minimum absolute atomic E-state index is 0.0241. The van der Waals surface area contributed by atoms with E-state index in [1.165, 1.54) is 4.90 Å². The van der Waals surface area contributed by atoms with E-state index in [0.717, 1.165) is 60.7 Å². The number of benzene rings is 3. The highest BCUT2D eigenvalue weighted by atomic mass is 35.5. The molecule has 4 rings (SSSR count). The normalized spacial score (nSPS) is 14.7. The van der Waals surface area contributed by atoms with Crippen LogP contribution in [0.15, 0.2) is 77.7 Å². The number of carbonyl (C=O) groups excluding carboxylic acids is 2. The van der Waals surface area contributed by atoms with Gasteiger partial charge in [0.1, 0.15) is 18.4 Å². The van der Waals surface area contributed by atoms with Crippen LogP contribution < -0.4 is 9.62 Å². The minimum atomic E-state index is -4.29. The molecule has 1 N–H and O–H groups in total. The van der Waals surface area contributed by atoms with E-state index in [1.54, 1.807) is 55.5 Å². The van der Waals surface area contributed by atoms with E-state index in [2.05, 4.69) is 5.32 Å². The zero-order chi connectivity index (χ0) is 30.3. The van der Waals surface area contributed by atoms with Crippen molar-refractivity contribution < 1.29 is 22.4 Å². The quantitative estimate of drug-likeness (QED) is 0.258. The summed E-state index contributed by atoms with van der Waals surface area (Å²) < 4.78 is 42.2. The van der Waals surface area contributed by atoms with Gasteiger partial charge in [-0.3, -0.25) is 13.9 Å². The Bertz CT molecular complexity index is 1480. The summed E-state index contributed by atoms with van der Waals surface area (Å²) in [6, 6.07) is 16.6. The molecule has 1 saturated carbocycles. The lowest BCUT2D eigenvalue weighted by Gasteiger charge is -2.34. The van der Waals surface area contributed by atoms with Crippen molar-refractivity contribution in [3.05, 3.63) is 94.2 Å². The van der Waals surface area contributed by atoms with Crippen LogP contribution in [0.3, 0.4) is 0 Å². The van der Waals surface area contributed by atoms with E-state index in [9.17, 15) is 22.4 Å². The van der Waals surface area contributed by atoms with Gasteiger partial charge in [-0.25, -0.2) is 12.8 Å². The average Bonchev–Trinajstić information content (AvgIpc) is 2.98. The van der Waals surface area contributed by atoms with E-state index < -0.39 is 34.3 Å². The molecule has 0 spiro atoms. The first kappa shape index (κ1) is 31.8. The van der Waals surface area contributed by atoms with Gasteiger partial charge < -0.3 is 10.2 Å². The fourth-order valence-electron chi connectivity index (χ4n) is 5.15. The highest BCUT2D eigenvalue weighted by molar-refractivity contribution is 7.92. The van der Waals surface area contributed by atoms with Crippen molar-refractivity contribution in [3.63, 3.8) is 0 Å². The Hall–Kier alpha value is -3.14. The molecule has 224 valence electrons. The molecule has 1 aliphatic carbocycles. The van der Waals surface area contributed by atoms with Crippen molar-refractivity contribution >= 4 is 50.7 Å². The van der Waals surface area contributed by atoms with Crippen molar-refractivity contribution in [3.8, 4) is 0 Å². The van der Waals surface area contributed by atoms with Gasteiger partial charge in [-0.2, -0.15) is 0 Å². The van der Waals surface area contributed by atoms with Gasteiger partial charge in [0.15, 0.2) is 0 Å². The highest BCUT2D eigenvalue weighted by Gasteiger charge is 2.34. The van der Waals surface area contributed by atoms with Gasteiger partial charge in [0, 0.05) is 22.6 Å². The number of hydrogen-bond acceptors (Lipinski definition) is 4. The summed E-state index contributed by atoms with van der Waals surface area (Å²) in [4.78, 5) is 29.0. The zero-order valence-electron chi connectivity index (χ0n) is 23.3. The highest BCUT2D eigenvalue weighted by Crippen LogP contribution is 2.27. The van der Waals surface area contributed by atoms with Crippen LogP contribution in [0.1, 0.15) is 51.0 Å². The fraction of sp³-hybridized carbons (Fsp3) is 0.355. The van der Waals surface area contributed by atoms with Gasteiger partial charge in [0.05, 0.1) is 10.6 Å². The summed E-state index contributed by atoms with van der Waals surface area (Å²) in [5.41, 5.74) is 0.811. The van der Waals surface area contributed by atoms with Crippen molar-refractivity contribution in [1.82, 2.24) is 10.2 Å². The average molecular weight is 635 g/mol. The number of sulfonamides is 1. The Kier molecular flexibility index (Phi) is 10.9. The molecular weight excluding hydrogens is 600 g/mol. The second-order valence-corrected chi connectivity index (χ2v) is 13.0. The number of rotatable bonds is 11. The minimum Gasteiger partial charge on any atom is -0.352 e. The molecule has 3 aromatic carbocycles. The second-order valence-electron chi connectivity index (χ2n) is 10.3. The molecule has 42 heavy (non-hydrogen) atoms. The van der Waals surface area contributed by atoms with Crippen LogP contribution in [0.4, 0.5) is 10.1 Å². The molecule has 1 aliphatic rings. The maximum absolute atomic E-state index is 14.1. The molecule has 0 unspecified atom stereocenters. The number of carbonyl (C=O) groups is 2. The van der Waals surface area contributed by atoms with Crippen molar-refractivity contribution in [1.29, 1.82) is 0 Å². The van der Waals surface area contributed by atoms with Crippen LogP contribution in [0.5, 0.6) is 0 Å². The molecular formula is C31H34Cl2FN3O4S. The van der Waals surface area contributed by atoms with Crippen LogP contribution >= 0.6 is 23.2 Å². The molecule has 1 atom stereocenters. The lowest BCUT2D eigenvalue weighted by Crippen LogP contribution is -2.54. The van der Waals surface area contributed by atoms with E-state index in [0.29, 0.717) is 22.0 Å². The standard InChI is InChI=1S/C31H34Cl2FN3O4S/c1-2-29(31(39)35-25-9-5-3-6-10-25)36(20-22-13-14-23(32)19-28(22)33)30(38)21-37(26-11-7-4-8-12-26)42(40,41)27-17-15-24(34)16-18-27/h4,7-8,11-19,25,29H,2-3,5-6,9-10,20-21H2,1H3,(H,35,39)/t29-/m0/s1. The SMILES string of the molecule is CC[C@@H](C(=O)NC1CCCCC1)N(Cc1ccc(Cl)cc1Cl)C(=O)CN(c1ccccc1)S(=O)(=O)c1ccc(F)cc1. The van der Waals surface area contributed by atoms with Crippen molar-refractivity contribution in [2.45, 2.75) is 69.0 Å². The molecule has 0 aliphatic heterocycles. The Morgan fingerprint density at radius 3 is 2.26 bits per heavy atom. The van der Waals surface area contributed by atoms with Crippen LogP contribution in [-0.2, 0) is 26.2 Å². The third-order valence-corrected chi connectivity index (χ3v) is 9.79. The largest absolute Gasteiger partial charge is 0.352 e. The molecule has 1 fully saturated rings. The summed E-state index contributed by atoms with van der Waals surface area (Å²) in [7, 11) is -4.29. The number of anilines is 1. The van der Waals surface area contributed by atoms with Crippen LogP contribution in [0.2, 0.25) is 10.0 Å². The molecule has 0 radical (unpaired) electrons. The molecule has 0 bridgehead atoms. The van der Waals surface area contributed by atoms with Gasteiger partial charge in [0.2, 0.25) is 11.8 Å². The Balaban J connectivity index is 1.70. The molecule has 0 heterocycles. The first-order valence-electron chi connectivity index (χ1n) is 14.0. The monoisotopic (exact) mass is 633 g/mol. The molecule has 7 nitrogen and oxygen atoms in total. The maximum Gasteiger partial charge on any atom is 0.264 e. The van der Waals surface area contributed by atoms with E-state index in [1.807, 2.05) is 0 Å². The van der Waals surface area contributed by atoms with Crippen LogP contribution in [-0.4, -0.2) is 43.8 Å². The topological polar surface area (TPSA) is 86.8 Å². The van der Waals surface area contributed by atoms with E-state index in [4.69, 9.17) is 23.2 Å². The van der Waals surface area contributed by atoms with Crippen molar-refractivity contribution in [2.24, 2.45) is 0 Å². The second kappa shape index (κ2) is 14.4. The maximum atomic E-state index is 14.1. The third-order valence-electron chi connectivity index (χ3n) is 7.42. The number of nitrogens with zero attached hydrogens (tertiary/aromatic N) is 2. The fourth-order valence-corrected chi connectivity index (χ4v) is 7.04. The van der Waals surface area contributed by atoms with Crippen LogP contribution in [0, 0.1) is 5.82 Å². The Morgan fingerprint density at radius 2 is 1.64 bits per heavy atom. The summed E-state index contributed by atoms with van der Waals surface area (Å²) in [6.45, 7) is 1.17. The first-order valence-corrected chi connectivity index (χ1v) is 16.2. The van der Waals surface area contributed by atoms with Gasteiger partial charge in [-0.1, -0.05) is 73.7 Å². The number of para-hydroxylation sites is 1. The zero-order valence-corrected chi connectivity index (χ0v) is 25.6. The molecule has 0 aromatic heterocycles. The predicted molar refractivity (Wildman–Crippen MR) is 163 cm³/mol. The lowest BCUT2D eigenvalue weighted by atomic mass is 9.95. The summed E-state index contributed by atoms with van der Waals surface area (Å²) in [5, 5.41) is 3.85. The molecule has 2 amide bonds. The molecule has 3 aromatic rings. The Morgan fingerprint density at radius 1 is 0.976 bits per heavy atom. The Labute approximate surface area is 256 Å². The number of nitrogens with one attached hydrogen (secondary N) is 1. The lowest BCUT2D eigenvalue weighted by molar-refractivity contribution is -0.140. The number of hydrogen-bond donors (Lipinski definition) is 1. The number of amides is 2. The van der Waals surface area contributed by atoms with Gasteiger partial charge in [-0.05, 0) is 73.4 Å². The third kappa shape index (κ3) is 7.82. The van der Waals surface area contributed by atoms with Crippen LogP contribution in [0.25, 0.3) is 0 Å². The van der Waals surface area contributed by atoms with Crippen molar-refractivity contribution in [2.75, 3.05) is 10.8 Å². The first-order chi connectivity index (χ1) is 20.1. The number of halogens is 3. The smallest absolute Gasteiger partial charge is 0.264 e. The molecule has 0 saturated heterocycles.